The summed E-state index contributed by atoms with van der Waals surface area (Å²) in [5, 5.41) is 2.26. The molecule has 3 heteroatoms. The molecule has 4 aromatic rings. The van der Waals surface area contributed by atoms with Gasteiger partial charge in [-0.2, -0.15) is 0 Å². The molecule has 2 unspecified atom stereocenters. The van der Waals surface area contributed by atoms with Gasteiger partial charge in [-0.05, 0) is 23.3 Å². The molecule has 120 valence electrons. The van der Waals surface area contributed by atoms with E-state index in [0.717, 1.165) is 32.9 Å². The normalized spacial score (nSPS) is 14.1. The van der Waals surface area contributed by atoms with Crippen LogP contribution in [0.25, 0.3) is 21.8 Å². The third-order valence-electron chi connectivity index (χ3n) is 5.03. The van der Waals surface area contributed by atoms with Gasteiger partial charge >= 0.3 is 0 Å². The highest BCUT2D eigenvalue weighted by Crippen LogP contribution is 2.33. The summed E-state index contributed by atoms with van der Waals surface area (Å²) in [6.45, 7) is 4.01. The number of Topliss-reactive ketones (excluding diaryl/α,β-unsaturated/α-hetero) is 1. The predicted molar refractivity (Wildman–Crippen MR) is 98.4 cm³/mol. The lowest BCUT2D eigenvalue weighted by Crippen LogP contribution is -2.16. The van der Waals surface area contributed by atoms with Gasteiger partial charge < -0.3 is 9.97 Å². The van der Waals surface area contributed by atoms with Crippen molar-refractivity contribution in [2.45, 2.75) is 25.7 Å². The quantitative estimate of drug-likeness (QED) is 0.539. The number of H-pyrrole nitrogens is 2. The van der Waals surface area contributed by atoms with Crippen LogP contribution >= 0.6 is 0 Å². The fourth-order valence-electron chi connectivity index (χ4n) is 3.59. The van der Waals surface area contributed by atoms with Crippen molar-refractivity contribution in [3.8, 4) is 0 Å². The van der Waals surface area contributed by atoms with Crippen molar-refractivity contribution in [1.82, 2.24) is 9.97 Å². The summed E-state index contributed by atoms with van der Waals surface area (Å²) in [4.78, 5) is 19.6. The molecule has 0 amide bonds. The number of ketones is 1. The van der Waals surface area contributed by atoms with Crippen LogP contribution in [0, 0.1) is 0 Å². The molecule has 0 aliphatic carbocycles. The SMILES string of the molecule is CC(C(=O)C(C)c1c[nH]c2ccccc12)c1c[nH]c2ccccc12. The third kappa shape index (κ3) is 2.24. The zero-order valence-corrected chi connectivity index (χ0v) is 13.8. The molecule has 3 nitrogen and oxygen atoms in total. The molecule has 0 aliphatic heterocycles. The Kier molecular flexibility index (Phi) is 3.49. The van der Waals surface area contributed by atoms with Crippen LogP contribution in [0.1, 0.15) is 36.8 Å². The molecule has 2 atom stereocenters. The average molecular weight is 316 g/mol. The Hall–Kier alpha value is -2.81. The van der Waals surface area contributed by atoms with E-state index >= 15 is 0 Å². The Labute approximate surface area is 140 Å². The minimum atomic E-state index is -0.148. The Balaban J connectivity index is 1.70. The maximum absolute atomic E-state index is 13.1. The van der Waals surface area contributed by atoms with E-state index in [2.05, 4.69) is 22.1 Å². The molecule has 0 spiro atoms. The summed E-state index contributed by atoms with van der Waals surface area (Å²) in [6.07, 6.45) is 3.93. The molecule has 2 heterocycles. The highest BCUT2D eigenvalue weighted by Gasteiger charge is 2.26. The van der Waals surface area contributed by atoms with Gasteiger partial charge in [-0.15, -0.1) is 0 Å². The van der Waals surface area contributed by atoms with E-state index in [1.807, 2.05) is 62.6 Å². The first-order valence-corrected chi connectivity index (χ1v) is 8.32. The van der Waals surface area contributed by atoms with Gasteiger partial charge in [0.2, 0.25) is 0 Å². The van der Waals surface area contributed by atoms with Crippen LogP contribution in [0.5, 0.6) is 0 Å². The van der Waals surface area contributed by atoms with Crippen LogP contribution in [0.15, 0.2) is 60.9 Å². The van der Waals surface area contributed by atoms with Crippen LogP contribution in [-0.4, -0.2) is 15.8 Å². The summed E-state index contributed by atoms with van der Waals surface area (Å²) < 4.78 is 0. The van der Waals surface area contributed by atoms with Crippen LogP contribution in [0.2, 0.25) is 0 Å². The number of aromatic nitrogens is 2. The van der Waals surface area contributed by atoms with Gasteiger partial charge in [0.15, 0.2) is 0 Å². The summed E-state index contributed by atoms with van der Waals surface area (Å²) in [7, 11) is 0. The second kappa shape index (κ2) is 5.68. The van der Waals surface area contributed by atoms with Crippen molar-refractivity contribution in [2.75, 3.05) is 0 Å². The largest absolute Gasteiger partial charge is 0.361 e. The maximum Gasteiger partial charge on any atom is 0.147 e. The molecule has 2 aromatic heterocycles. The lowest BCUT2D eigenvalue weighted by molar-refractivity contribution is -0.121. The zero-order chi connectivity index (χ0) is 16.7. The van der Waals surface area contributed by atoms with E-state index in [-0.39, 0.29) is 17.6 Å². The molecular formula is C21H20N2O. The second-order valence-corrected chi connectivity index (χ2v) is 6.42. The monoisotopic (exact) mass is 316 g/mol. The number of carbonyl (C=O) groups excluding carboxylic acids is 1. The van der Waals surface area contributed by atoms with Crippen molar-refractivity contribution >= 4 is 27.6 Å². The van der Waals surface area contributed by atoms with Crippen molar-refractivity contribution in [1.29, 1.82) is 0 Å². The van der Waals surface area contributed by atoms with E-state index < -0.39 is 0 Å². The van der Waals surface area contributed by atoms with E-state index in [9.17, 15) is 4.79 Å². The van der Waals surface area contributed by atoms with Crippen LogP contribution in [0.4, 0.5) is 0 Å². The van der Waals surface area contributed by atoms with Gasteiger partial charge in [0.1, 0.15) is 5.78 Å². The summed E-state index contributed by atoms with van der Waals surface area (Å²) in [5.74, 6) is -0.0564. The average Bonchev–Trinajstić information content (AvgIpc) is 3.24. The van der Waals surface area contributed by atoms with Crippen molar-refractivity contribution < 1.29 is 4.79 Å². The fraction of sp³-hybridized carbons (Fsp3) is 0.190. The summed E-state index contributed by atoms with van der Waals surface area (Å²) in [6, 6.07) is 16.3. The maximum atomic E-state index is 13.1. The van der Waals surface area contributed by atoms with Gasteiger partial charge in [0, 0.05) is 46.0 Å². The van der Waals surface area contributed by atoms with Crippen LogP contribution < -0.4 is 0 Å². The van der Waals surface area contributed by atoms with E-state index in [4.69, 9.17) is 0 Å². The van der Waals surface area contributed by atoms with Crippen molar-refractivity contribution in [3.63, 3.8) is 0 Å². The molecule has 0 bridgehead atoms. The highest BCUT2D eigenvalue weighted by atomic mass is 16.1. The molecule has 0 fully saturated rings. The zero-order valence-electron chi connectivity index (χ0n) is 13.8. The highest BCUT2D eigenvalue weighted by molar-refractivity contribution is 5.98. The first-order valence-electron chi connectivity index (χ1n) is 8.32. The molecule has 0 saturated carbocycles. The molecule has 4 rings (SSSR count). The van der Waals surface area contributed by atoms with Gasteiger partial charge in [0.05, 0.1) is 0 Å². The van der Waals surface area contributed by atoms with Crippen molar-refractivity contribution in [3.05, 3.63) is 72.1 Å². The molecule has 2 aromatic carbocycles. The van der Waals surface area contributed by atoms with Crippen LogP contribution in [-0.2, 0) is 4.79 Å². The van der Waals surface area contributed by atoms with Gasteiger partial charge in [-0.1, -0.05) is 50.2 Å². The fourth-order valence-corrected chi connectivity index (χ4v) is 3.59. The van der Waals surface area contributed by atoms with E-state index in [1.54, 1.807) is 0 Å². The molecule has 0 saturated heterocycles. The number of rotatable bonds is 4. The first kappa shape index (κ1) is 14.8. The minimum absolute atomic E-state index is 0.148. The Morgan fingerprint density at radius 1 is 0.750 bits per heavy atom. The lowest BCUT2D eigenvalue weighted by Gasteiger charge is -2.16. The van der Waals surface area contributed by atoms with Crippen molar-refractivity contribution in [2.24, 2.45) is 0 Å². The third-order valence-corrected chi connectivity index (χ3v) is 5.03. The second-order valence-electron chi connectivity index (χ2n) is 6.42. The lowest BCUT2D eigenvalue weighted by atomic mass is 9.85. The topological polar surface area (TPSA) is 48.6 Å². The number of nitrogens with one attached hydrogen (secondary N) is 2. The van der Waals surface area contributed by atoms with Gasteiger partial charge in [-0.3, -0.25) is 4.79 Å². The Bertz CT molecular complexity index is 942. The van der Waals surface area contributed by atoms with Gasteiger partial charge in [-0.25, -0.2) is 0 Å². The Morgan fingerprint density at radius 2 is 1.17 bits per heavy atom. The minimum Gasteiger partial charge on any atom is -0.361 e. The number of para-hydroxylation sites is 2. The van der Waals surface area contributed by atoms with E-state index in [0.29, 0.717) is 0 Å². The predicted octanol–water partition coefficient (Wildman–Crippen LogP) is 5.13. The Morgan fingerprint density at radius 3 is 1.62 bits per heavy atom. The standard InChI is InChI=1S/C21H20N2O/c1-13(17-11-22-19-9-5-3-7-15(17)19)21(24)14(2)18-12-23-20-10-6-4-8-16(18)20/h3-14,22-23H,1-2H3. The number of hydrogen-bond donors (Lipinski definition) is 2. The van der Waals surface area contributed by atoms with Crippen LogP contribution in [0.3, 0.4) is 0 Å². The number of carbonyl (C=O) groups is 1. The number of benzene rings is 2. The first-order chi connectivity index (χ1) is 11.7. The molecule has 2 N–H and O–H groups in total. The number of hydrogen-bond acceptors (Lipinski definition) is 1. The van der Waals surface area contributed by atoms with Gasteiger partial charge in [0.25, 0.3) is 0 Å². The number of fused-ring (bicyclic) bond motifs is 2. The number of aromatic amines is 2. The molecule has 0 radical (unpaired) electrons. The summed E-state index contributed by atoms with van der Waals surface area (Å²) >= 11 is 0. The molecule has 0 aliphatic rings. The molecule has 24 heavy (non-hydrogen) atoms. The smallest absolute Gasteiger partial charge is 0.147 e. The summed E-state index contributed by atoms with van der Waals surface area (Å²) in [5.41, 5.74) is 4.29. The van der Waals surface area contributed by atoms with E-state index in [1.165, 1.54) is 0 Å². The molecular weight excluding hydrogens is 296 g/mol.